The Balaban J connectivity index is 1.15. The number of rotatable bonds is 9. The van der Waals surface area contributed by atoms with Crippen LogP contribution in [0.4, 0.5) is 0 Å². The maximum absolute atomic E-state index is 5.19. The summed E-state index contributed by atoms with van der Waals surface area (Å²) in [5.41, 5.74) is 16.7. The Morgan fingerprint density at radius 1 is 0.203 bits per heavy atom. The average molecular weight is 816 g/mol. The smallest absolute Gasteiger partial charge is 0.164 e. The van der Waals surface area contributed by atoms with Gasteiger partial charge in [0.1, 0.15) is 0 Å². The van der Waals surface area contributed by atoms with Crippen molar-refractivity contribution in [3.8, 4) is 101 Å². The highest BCUT2D eigenvalue weighted by Gasteiger charge is 2.24. The zero-order chi connectivity index (χ0) is 42.7. The second-order valence-electron chi connectivity index (χ2n) is 15.9. The average Bonchev–Trinajstić information content (AvgIpc) is 3.39. The minimum Gasteiger partial charge on any atom is -0.208 e. The molecule has 0 aliphatic heterocycles. The molecule has 11 aromatic rings. The Kier molecular flexibility index (Phi) is 10.3. The van der Waals surface area contributed by atoms with Crippen LogP contribution in [0.25, 0.3) is 112 Å². The summed E-state index contributed by atoms with van der Waals surface area (Å²) in [6, 6.07) is 88.1. The first-order chi connectivity index (χ1) is 31.8. The van der Waals surface area contributed by atoms with E-state index in [0.29, 0.717) is 17.5 Å². The fourth-order valence-corrected chi connectivity index (χ4v) is 8.97. The molecular weight excluding hydrogens is 775 g/mol. The molecule has 1 aromatic heterocycles. The van der Waals surface area contributed by atoms with E-state index in [0.717, 1.165) is 55.3 Å². The maximum atomic E-state index is 5.19. The van der Waals surface area contributed by atoms with Crippen LogP contribution in [0.15, 0.2) is 249 Å². The molecule has 0 radical (unpaired) electrons. The quantitative estimate of drug-likeness (QED) is 0.146. The molecule has 3 heteroatoms. The van der Waals surface area contributed by atoms with Crippen LogP contribution in [-0.2, 0) is 0 Å². The first kappa shape index (κ1) is 38.4. The van der Waals surface area contributed by atoms with Crippen molar-refractivity contribution in [3.05, 3.63) is 249 Å². The second-order valence-corrected chi connectivity index (χ2v) is 15.9. The molecule has 0 saturated heterocycles. The maximum Gasteiger partial charge on any atom is 0.164 e. The van der Waals surface area contributed by atoms with Crippen molar-refractivity contribution in [3.63, 3.8) is 0 Å². The molecule has 3 nitrogen and oxygen atoms in total. The fourth-order valence-electron chi connectivity index (χ4n) is 8.97. The number of hydrogen-bond acceptors (Lipinski definition) is 3. The highest BCUT2D eigenvalue weighted by Crippen LogP contribution is 2.50. The molecule has 0 amide bonds. The van der Waals surface area contributed by atoms with E-state index in [4.69, 9.17) is 15.0 Å². The predicted molar refractivity (Wildman–Crippen MR) is 266 cm³/mol. The van der Waals surface area contributed by atoms with Crippen LogP contribution in [0, 0.1) is 0 Å². The van der Waals surface area contributed by atoms with Gasteiger partial charge in [0, 0.05) is 22.3 Å². The van der Waals surface area contributed by atoms with Crippen molar-refractivity contribution in [1.82, 2.24) is 15.0 Å². The van der Waals surface area contributed by atoms with Gasteiger partial charge < -0.3 is 0 Å². The molecule has 0 saturated carbocycles. The van der Waals surface area contributed by atoms with Gasteiger partial charge in [0.05, 0.1) is 0 Å². The van der Waals surface area contributed by atoms with E-state index in [1.54, 1.807) is 0 Å². The van der Waals surface area contributed by atoms with Gasteiger partial charge in [-0.2, -0.15) is 0 Å². The van der Waals surface area contributed by atoms with E-state index >= 15 is 0 Å². The van der Waals surface area contributed by atoms with Crippen LogP contribution >= 0.6 is 0 Å². The van der Waals surface area contributed by atoms with Crippen molar-refractivity contribution >= 4 is 10.8 Å². The molecule has 64 heavy (non-hydrogen) atoms. The van der Waals surface area contributed by atoms with Gasteiger partial charge in [-0.1, -0.05) is 237 Å². The van der Waals surface area contributed by atoms with Crippen LogP contribution in [0.2, 0.25) is 0 Å². The fraction of sp³-hybridized carbons (Fsp3) is 0. The molecule has 11 rings (SSSR count). The molecule has 0 atom stereocenters. The lowest BCUT2D eigenvalue weighted by Crippen LogP contribution is -2.01. The summed E-state index contributed by atoms with van der Waals surface area (Å²) in [4.78, 5) is 15.4. The van der Waals surface area contributed by atoms with Crippen molar-refractivity contribution in [2.24, 2.45) is 0 Å². The third-order valence-electron chi connectivity index (χ3n) is 12.0. The zero-order valence-corrected chi connectivity index (χ0v) is 35.0. The third kappa shape index (κ3) is 7.36. The lowest BCUT2D eigenvalue weighted by molar-refractivity contribution is 1.07. The van der Waals surface area contributed by atoms with Crippen molar-refractivity contribution in [2.45, 2.75) is 0 Å². The van der Waals surface area contributed by atoms with E-state index in [1.807, 2.05) is 36.4 Å². The molecule has 0 aliphatic carbocycles. The summed E-state index contributed by atoms with van der Waals surface area (Å²) in [5.74, 6) is 1.89. The second kappa shape index (κ2) is 17.1. The summed E-state index contributed by atoms with van der Waals surface area (Å²) >= 11 is 0. The summed E-state index contributed by atoms with van der Waals surface area (Å²) in [6.07, 6.45) is 0. The SMILES string of the molecule is c1ccc(-c2nc(-c3ccccc3)nc(-c3ccc4ccccc4c3-c3ccc(-c4cc(-c5ccccc5)c(-c5ccccc5)c(-c5ccccc5)c4-c4ccccc4)cc3)n2)cc1. The van der Waals surface area contributed by atoms with Crippen LogP contribution in [0.3, 0.4) is 0 Å². The molecule has 300 valence electrons. The van der Waals surface area contributed by atoms with E-state index in [9.17, 15) is 0 Å². The van der Waals surface area contributed by atoms with Gasteiger partial charge in [0.15, 0.2) is 17.5 Å². The highest BCUT2D eigenvalue weighted by atomic mass is 15.0. The van der Waals surface area contributed by atoms with Gasteiger partial charge >= 0.3 is 0 Å². The Morgan fingerprint density at radius 3 is 1.03 bits per heavy atom. The van der Waals surface area contributed by atoms with Crippen molar-refractivity contribution in [2.75, 3.05) is 0 Å². The Labute approximate surface area is 373 Å². The number of aromatic nitrogens is 3. The number of hydrogen-bond donors (Lipinski definition) is 0. The molecule has 0 spiro atoms. The molecule has 0 bridgehead atoms. The van der Waals surface area contributed by atoms with Crippen molar-refractivity contribution < 1.29 is 0 Å². The summed E-state index contributed by atoms with van der Waals surface area (Å²) < 4.78 is 0. The van der Waals surface area contributed by atoms with Gasteiger partial charge in [-0.25, -0.2) is 15.0 Å². The largest absolute Gasteiger partial charge is 0.208 e. The van der Waals surface area contributed by atoms with Crippen LogP contribution in [0.1, 0.15) is 0 Å². The minimum atomic E-state index is 0.625. The normalized spacial score (nSPS) is 11.1. The van der Waals surface area contributed by atoms with E-state index in [1.165, 1.54) is 38.9 Å². The monoisotopic (exact) mass is 815 g/mol. The highest BCUT2D eigenvalue weighted by molar-refractivity contribution is 6.08. The summed E-state index contributed by atoms with van der Waals surface area (Å²) in [6.45, 7) is 0. The lowest BCUT2D eigenvalue weighted by atomic mass is 9.78. The van der Waals surface area contributed by atoms with Crippen LogP contribution in [-0.4, -0.2) is 15.0 Å². The van der Waals surface area contributed by atoms with E-state index < -0.39 is 0 Å². The molecule has 10 aromatic carbocycles. The molecule has 1 heterocycles. The lowest BCUT2D eigenvalue weighted by Gasteiger charge is -2.24. The summed E-state index contributed by atoms with van der Waals surface area (Å²) in [5, 5.41) is 2.28. The predicted octanol–water partition coefficient (Wildman–Crippen LogP) is 16.0. The van der Waals surface area contributed by atoms with Gasteiger partial charge in [-0.05, 0) is 84.1 Å². The molecule has 0 aliphatic rings. The van der Waals surface area contributed by atoms with Crippen LogP contribution in [0.5, 0.6) is 0 Å². The third-order valence-corrected chi connectivity index (χ3v) is 12.0. The van der Waals surface area contributed by atoms with Crippen LogP contribution < -0.4 is 0 Å². The van der Waals surface area contributed by atoms with Gasteiger partial charge in [-0.15, -0.1) is 0 Å². The number of fused-ring (bicyclic) bond motifs is 1. The van der Waals surface area contributed by atoms with Crippen molar-refractivity contribution in [1.29, 1.82) is 0 Å². The Bertz CT molecular complexity index is 3320. The molecular formula is C61H41N3. The standard InChI is InChI=1S/C61H41N3/c1-7-21-42(22-8-1)53-41-54(57(46-26-11-3-12-27-46)58(47-28-13-4-14-29-47)56(53)45-24-9-2-10-25-45)44-35-37-48(38-36-44)55-51-34-20-19-23-43(51)39-40-52(55)61-63-59(49-30-15-5-16-31-49)62-60(64-61)50-32-17-6-18-33-50/h1-41H. The number of benzene rings is 10. The van der Waals surface area contributed by atoms with E-state index in [2.05, 4.69) is 212 Å². The topological polar surface area (TPSA) is 38.7 Å². The zero-order valence-electron chi connectivity index (χ0n) is 35.0. The first-order valence-electron chi connectivity index (χ1n) is 21.7. The first-order valence-corrected chi connectivity index (χ1v) is 21.7. The van der Waals surface area contributed by atoms with Gasteiger partial charge in [0.2, 0.25) is 0 Å². The molecule has 0 fully saturated rings. The number of nitrogens with zero attached hydrogens (tertiary/aromatic N) is 3. The Hall–Kier alpha value is -8.53. The van der Waals surface area contributed by atoms with Gasteiger partial charge in [0.25, 0.3) is 0 Å². The van der Waals surface area contributed by atoms with E-state index in [-0.39, 0.29) is 0 Å². The Morgan fingerprint density at radius 2 is 0.547 bits per heavy atom. The summed E-state index contributed by atoms with van der Waals surface area (Å²) in [7, 11) is 0. The minimum absolute atomic E-state index is 0.625. The molecule has 0 N–H and O–H groups in total. The molecule has 0 unspecified atom stereocenters. The van der Waals surface area contributed by atoms with Gasteiger partial charge in [-0.3, -0.25) is 0 Å².